The van der Waals surface area contributed by atoms with Gasteiger partial charge < -0.3 is 24.6 Å². The zero-order valence-corrected chi connectivity index (χ0v) is 23.2. The summed E-state index contributed by atoms with van der Waals surface area (Å²) in [5.41, 5.74) is 6.38. The van der Waals surface area contributed by atoms with E-state index in [0.717, 1.165) is 46.9 Å². The molecule has 1 aromatic carbocycles. The summed E-state index contributed by atoms with van der Waals surface area (Å²) in [6.45, 7) is 6.45. The van der Waals surface area contributed by atoms with Gasteiger partial charge in [-0.15, -0.1) is 0 Å². The molecule has 0 amide bonds. The molecule has 3 aromatic heterocycles. The van der Waals surface area contributed by atoms with Crippen molar-refractivity contribution < 1.29 is 14.4 Å². The number of hydrogen-bond donors (Lipinski definition) is 2. The van der Waals surface area contributed by atoms with Gasteiger partial charge in [-0.25, -0.2) is 9.97 Å². The van der Waals surface area contributed by atoms with Gasteiger partial charge in [-0.1, -0.05) is 22.8 Å². The third-order valence-corrected chi connectivity index (χ3v) is 7.96. The number of halogens is 1. The van der Waals surface area contributed by atoms with Gasteiger partial charge in [-0.05, 0) is 70.5 Å². The number of nitrogens with one attached hydrogen (secondary N) is 1. The normalized spacial score (nSPS) is 18.5. The summed E-state index contributed by atoms with van der Waals surface area (Å²) in [4.78, 5) is 17.3. The minimum Gasteiger partial charge on any atom is -0.491 e. The zero-order valence-electron chi connectivity index (χ0n) is 22.4. The van der Waals surface area contributed by atoms with Crippen LogP contribution in [0, 0.1) is 20.8 Å². The largest absolute Gasteiger partial charge is 0.491 e. The maximum absolute atomic E-state index is 10.1. The second-order valence-electron chi connectivity index (χ2n) is 10.2. The van der Waals surface area contributed by atoms with Gasteiger partial charge in [0, 0.05) is 23.9 Å². The Hall–Kier alpha value is -3.53. The molecule has 2 unspecified atom stereocenters. The Labute approximate surface area is 232 Å². The molecule has 0 aliphatic carbocycles. The van der Waals surface area contributed by atoms with Gasteiger partial charge in [0.05, 0.1) is 39.8 Å². The first kappa shape index (κ1) is 25.7. The summed E-state index contributed by atoms with van der Waals surface area (Å²) in [6, 6.07) is 9.92. The number of pyridine rings is 1. The topological polar surface area (TPSA) is 109 Å². The van der Waals surface area contributed by atoms with Gasteiger partial charge in [-0.2, -0.15) is 0 Å². The molecule has 10 heteroatoms. The van der Waals surface area contributed by atoms with Crippen LogP contribution in [0.3, 0.4) is 0 Å². The number of hydrogen-bond acceptors (Lipinski definition) is 9. The first-order chi connectivity index (χ1) is 18.9. The van der Waals surface area contributed by atoms with Crippen LogP contribution in [0.2, 0.25) is 5.02 Å². The van der Waals surface area contributed by atoms with E-state index in [1.165, 1.54) is 5.56 Å². The molecule has 0 radical (unpaired) electrons. The molecule has 3 atom stereocenters. The van der Waals surface area contributed by atoms with E-state index >= 15 is 0 Å². The molecule has 9 nitrogen and oxygen atoms in total. The van der Waals surface area contributed by atoms with Gasteiger partial charge in [0.15, 0.2) is 5.82 Å². The number of fused-ring (bicyclic) bond motifs is 5. The summed E-state index contributed by atoms with van der Waals surface area (Å²) < 4.78 is 11.4. The molecule has 2 aliphatic rings. The number of aliphatic hydroxyl groups is 1. The number of benzene rings is 1. The van der Waals surface area contributed by atoms with Crippen molar-refractivity contribution in [3.63, 3.8) is 0 Å². The highest BCUT2D eigenvalue weighted by molar-refractivity contribution is 6.33. The first-order valence-electron chi connectivity index (χ1n) is 13.2. The van der Waals surface area contributed by atoms with Crippen molar-refractivity contribution in [3.05, 3.63) is 69.8 Å². The van der Waals surface area contributed by atoms with Crippen LogP contribution in [-0.2, 0) is 0 Å². The smallest absolute Gasteiger partial charge is 0.163 e. The number of aryl methyl sites for hydroxylation is 2. The maximum atomic E-state index is 10.1. The van der Waals surface area contributed by atoms with Crippen molar-refractivity contribution in [2.75, 3.05) is 25.1 Å². The van der Waals surface area contributed by atoms with Crippen LogP contribution < -0.4 is 15.0 Å². The molecule has 39 heavy (non-hydrogen) atoms. The first-order valence-corrected chi connectivity index (χ1v) is 13.6. The van der Waals surface area contributed by atoms with Gasteiger partial charge in [0.2, 0.25) is 0 Å². The van der Waals surface area contributed by atoms with Crippen molar-refractivity contribution in [1.29, 1.82) is 0 Å². The van der Waals surface area contributed by atoms with Crippen molar-refractivity contribution in [2.45, 2.75) is 51.8 Å². The minimum absolute atomic E-state index is 0.147. The number of anilines is 1. The summed E-state index contributed by atoms with van der Waals surface area (Å²) >= 11 is 6.73. The molecule has 2 N–H and O–H groups in total. The summed E-state index contributed by atoms with van der Waals surface area (Å²) in [6.07, 6.45) is 3.29. The van der Waals surface area contributed by atoms with Crippen LogP contribution in [0.15, 0.2) is 41.1 Å². The van der Waals surface area contributed by atoms with E-state index in [9.17, 15) is 5.11 Å². The lowest BCUT2D eigenvalue weighted by Gasteiger charge is -2.26. The molecule has 0 spiro atoms. The van der Waals surface area contributed by atoms with Crippen LogP contribution in [-0.4, -0.2) is 51.5 Å². The standard InChI is InChI=1S/C29H31ClN6O3/c1-15-26(25-16(2)35-39-17(25)3)33-28(21-12-19(7-8-22(21)30)38-14-18(37)13-31-4)34-29(15)36-23-9-10-24(36)27-20(23)6-5-11-32-27/h5-8,11-12,18,23-24,31,37H,9-10,13-14H2,1-4H3/t18-,23?,24?/m1/s1. The van der Waals surface area contributed by atoms with Crippen LogP contribution in [0.4, 0.5) is 5.82 Å². The lowest BCUT2D eigenvalue weighted by molar-refractivity contribution is 0.108. The molecule has 1 fully saturated rings. The fourth-order valence-electron chi connectivity index (χ4n) is 5.86. The molecule has 2 aliphatic heterocycles. The quantitative estimate of drug-likeness (QED) is 0.311. The Morgan fingerprint density at radius 3 is 2.74 bits per heavy atom. The highest BCUT2D eigenvalue weighted by Gasteiger charge is 2.46. The Morgan fingerprint density at radius 2 is 2.00 bits per heavy atom. The lowest BCUT2D eigenvalue weighted by Crippen LogP contribution is -2.29. The predicted octanol–water partition coefficient (Wildman–Crippen LogP) is 5.13. The molecule has 4 aromatic rings. The van der Waals surface area contributed by atoms with E-state index in [2.05, 4.69) is 28.4 Å². The summed E-state index contributed by atoms with van der Waals surface area (Å²) in [5.74, 6) is 2.61. The van der Waals surface area contributed by atoms with Crippen molar-refractivity contribution >= 4 is 17.4 Å². The summed E-state index contributed by atoms with van der Waals surface area (Å²) in [5, 5.41) is 17.7. The molecule has 202 valence electrons. The molecule has 6 rings (SSSR count). The molecule has 5 heterocycles. The number of aromatic nitrogens is 4. The molecule has 0 saturated carbocycles. The number of ether oxygens (including phenoxy) is 1. The zero-order chi connectivity index (χ0) is 27.3. The number of likely N-dealkylation sites (N-methyl/N-ethyl adjacent to an activating group) is 1. The molecular weight excluding hydrogens is 516 g/mol. The SMILES string of the molecule is CNC[C@@H](O)COc1ccc(Cl)c(-c2nc(-c3c(C)noc3C)c(C)c(N3C4CCC3c3ncccc34)n2)c1. The van der Waals surface area contributed by atoms with E-state index < -0.39 is 6.10 Å². The van der Waals surface area contributed by atoms with E-state index in [4.69, 9.17) is 35.8 Å². The van der Waals surface area contributed by atoms with E-state index in [1.54, 1.807) is 19.2 Å². The highest BCUT2D eigenvalue weighted by atomic mass is 35.5. The lowest BCUT2D eigenvalue weighted by atomic mass is 9.96. The molecule has 1 saturated heterocycles. The van der Waals surface area contributed by atoms with Gasteiger partial charge in [-0.3, -0.25) is 4.98 Å². The van der Waals surface area contributed by atoms with E-state index in [0.29, 0.717) is 34.5 Å². The third-order valence-electron chi connectivity index (χ3n) is 7.63. The fourth-order valence-corrected chi connectivity index (χ4v) is 6.07. The molecule has 2 bridgehead atoms. The third kappa shape index (κ3) is 4.44. The number of rotatable bonds is 8. The Bertz CT molecular complexity index is 1490. The van der Waals surface area contributed by atoms with Crippen molar-refractivity contribution in [3.8, 4) is 28.4 Å². The van der Waals surface area contributed by atoms with Gasteiger partial charge in [0.25, 0.3) is 0 Å². The minimum atomic E-state index is -0.636. The average molecular weight is 547 g/mol. The van der Waals surface area contributed by atoms with E-state index in [-0.39, 0.29) is 18.7 Å². The van der Waals surface area contributed by atoms with Gasteiger partial charge in [0.1, 0.15) is 30.0 Å². The van der Waals surface area contributed by atoms with Crippen LogP contribution >= 0.6 is 11.6 Å². The van der Waals surface area contributed by atoms with Crippen molar-refractivity contribution in [1.82, 2.24) is 25.4 Å². The average Bonchev–Trinajstić information content (AvgIpc) is 3.60. The van der Waals surface area contributed by atoms with Crippen molar-refractivity contribution in [2.24, 2.45) is 0 Å². The Kier molecular flexibility index (Phi) is 6.74. The Morgan fingerprint density at radius 1 is 1.18 bits per heavy atom. The highest BCUT2D eigenvalue weighted by Crippen LogP contribution is 2.55. The maximum Gasteiger partial charge on any atom is 0.163 e. The predicted molar refractivity (Wildman–Crippen MR) is 149 cm³/mol. The monoisotopic (exact) mass is 546 g/mol. The van der Waals surface area contributed by atoms with Crippen LogP contribution in [0.1, 0.15) is 53.2 Å². The second-order valence-corrected chi connectivity index (χ2v) is 10.6. The fraction of sp³-hybridized carbons (Fsp3) is 0.379. The van der Waals surface area contributed by atoms with Gasteiger partial charge >= 0.3 is 0 Å². The second kappa shape index (κ2) is 10.2. The Balaban J connectivity index is 1.48. The van der Waals surface area contributed by atoms with E-state index in [1.807, 2.05) is 32.2 Å². The number of nitrogens with zero attached hydrogens (tertiary/aromatic N) is 5. The van der Waals surface area contributed by atoms with Crippen LogP contribution in [0.25, 0.3) is 22.6 Å². The molecular formula is C29H31ClN6O3. The van der Waals surface area contributed by atoms with Crippen LogP contribution in [0.5, 0.6) is 5.75 Å². The summed E-state index contributed by atoms with van der Waals surface area (Å²) in [7, 11) is 1.79. The number of aliphatic hydroxyl groups excluding tert-OH is 1.